The minimum atomic E-state index is -0.428. The molecule has 0 aliphatic carbocycles. The van der Waals surface area contributed by atoms with Crippen LogP contribution in [0.1, 0.15) is 15.9 Å². The third-order valence-electron chi connectivity index (χ3n) is 3.59. The smallest absolute Gasteiger partial charge is 0.260 e. The van der Waals surface area contributed by atoms with Crippen molar-refractivity contribution in [1.29, 1.82) is 0 Å². The number of para-hydroxylation sites is 1. The molecular formula is C18H14ClNO2. The largest absolute Gasteiger partial charge is 0.507 e. The molecule has 0 aliphatic heterocycles. The molecule has 4 heteroatoms. The maximum absolute atomic E-state index is 12.5. The third-order valence-corrected chi connectivity index (χ3v) is 3.98. The Morgan fingerprint density at radius 1 is 1.09 bits per heavy atom. The van der Waals surface area contributed by atoms with E-state index in [0.29, 0.717) is 5.69 Å². The minimum Gasteiger partial charge on any atom is -0.507 e. The van der Waals surface area contributed by atoms with E-state index < -0.39 is 5.91 Å². The number of aromatic hydroxyl groups is 1. The maximum Gasteiger partial charge on any atom is 0.260 e. The van der Waals surface area contributed by atoms with Crippen molar-refractivity contribution in [2.45, 2.75) is 6.92 Å². The SMILES string of the molecule is Cc1ccccc1NC(=O)c1c(O)cc2ccccc2c1Cl. The second-order valence-corrected chi connectivity index (χ2v) is 5.45. The van der Waals surface area contributed by atoms with Crippen LogP contribution in [0.3, 0.4) is 0 Å². The highest BCUT2D eigenvalue weighted by Crippen LogP contribution is 2.34. The van der Waals surface area contributed by atoms with Crippen LogP contribution < -0.4 is 5.32 Å². The van der Waals surface area contributed by atoms with E-state index in [4.69, 9.17) is 11.6 Å². The number of aryl methyl sites for hydroxylation is 1. The fraction of sp³-hybridized carbons (Fsp3) is 0.0556. The highest BCUT2D eigenvalue weighted by Gasteiger charge is 2.19. The van der Waals surface area contributed by atoms with Gasteiger partial charge in [0.2, 0.25) is 0 Å². The average molecular weight is 312 g/mol. The van der Waals surface area contributed by atoms with Crippen LogP contribution in [0.15, 0.2) is 54.6 Å². The zero-order chi connectivity index (χ0) is 15.7. The van der Waals surface area contributed by atoms with Crippen LogP contribution in [0.2, 0.25) is 5.02 Å². The number of carbonyl (C=O) groups excluding carboxylic acids is 1. The van der Waals surface area contributed by atoms with E-state index in [0.717, 1.165) is 16.3 Å². The number of amides is 1. The molecule has 22 heavy (non-hydrogen) atoms. The van der Waals surface area contributed by atoms with E-state index in [-0.39, 0.29) is 16.3 Å². The number of carbonyl (C=O) groups is 1. The summed E-state index contributed by atoms with van der Waals surface area (Å²) < 4.78 is 0. The number of hydrogen-bond donors (Lipinski definition) is 2. The number of phenols is 1. The van der Waals surface area contributed by atoms with Gasteiger partial charge < -0.3 is 10.4 Å². The van der Waals surface area contributed by atoms with Crippen LogP contribution >= 0.6 is 11.6 Å². The van der Waals surface area contributed by atoms with Crippen molar-refractivity contribution in [3.05, 3.63) is 70.7 Å². The molecule has 3 aromatic rings. The van der Waals surface area contributed by atoms with Crippen LogP contribution in [-0.4, -0.2) is 11.0 Å². The molecule has 0 bridgehead atoms. The lowest BCUT2D eigenvalue weighted by Gasteiger charge is -2.12. The van der Waals surface area contributed by atoms with Crippen molar-refractivity contribution in [3.8, 4) is 5.75 Å². The Morgan fingerprint density at radius 3 is 2.55 bits per heavy atom. The lowest BCUT2D eigenvalue weighted by atomic mass is 10.0. The van der Waals surface area contributed by atoms with E-state index in [1.807, 2.05) is 49.4 Å². The zero-order valence-corrected chi connectivity index (χ0v) is 12.7. The van der Waals surface area contributed by atoms with Gasteiger partial charge >= 0.3 is 0 Å². The Kier molecular flexibility index (Phi) is 3.73. The van der Waals surface area contributed by atoms with Gasteiger partial charge in [-0.2, -0.15) is 0 Å². The fourth-order valence-electron chi connectivity index (χ4n) is 2.40. The predicted molar refractivity (Wildman–Crippen MR) is 89.8 cm³/mol. The Labute approximate surface area is 133 Å². The molecule has 110 valence electrons. The van der Waals surface area contributed by atoms with E-state index in [9.17, 15) is 9.90 Å². The first-order valence-electron chi connectivity index (χ1n) is 6.85. The quantitative estimate of drug-likeness (QED) is 0.717. The highest BCUT2D eigenvalue weighted by atomic mass is 35.5. The number of hydrogen-bond acceptors (Lipinski definition) is 2. The van der Waals surface area contributed by atoms with Gasteiger partial charge in [0.1, 0.15) is 11.3 Å². The molecule has 1 amide bonds. The molecule has 0 spiro atoms. The predicted octanol–water partition coefficient (Wildman–Crippen LogP) is 4.76. The van der Waals surface area contributed by atoms with Gasteiger partial charge in [-0.1, -0.05) is 54.1 Å². The van der Waals surface area contributed by atoms with E-state index in [2.05, 4.69) is 5.32 Å². The van der Waals surface area contributed by atoms with E-state index in [1.165, 1.54) is 0 Å². The van der Waals surface area contributed by atoms with Crippen molar-refractivity contribution in [3.63, 3.8) is 0 Å². The second-order valence-electron chi connectivity index (χ2n) is 5.07. The maximum atomic E-state index is 12.5. The van der Waals surface area contributed by atoms with Crippen molar-refractivity contribution >= 4 is 34.0 Å². The molecule has 0 aliphatic rings. The Hall–Kier alpha value is -2.52. The molecule has 0 saturated carbocycles. The third kappa shape index (κ3) is 2.51. The molecule has 0 unspecified atom stereocenters. The van der Waals surface area contributed by atoms with E-state index >= 15 is 0 Å². The van der Waals surface area contributed by atoms with Crippen molar-refractivity contribution < 1.29 is 9.90 Å². The van der Waals surface area contributed by atoms with Crippen LogP contribution in [-0.2, 0) is 0 Å². The Morgan fingerprint density at radius 2 is 1.77 bits per heavy atom. The van der Waals surface area contributed by atoms with Gasteiger partial charge in [-0.3, -0.25) is 4.79 Å². The molecule has 3 rings (SSSR count). The number of rotatable bonds is 2. The number of fused-ring (bicyclic) bond motifs is 1. The molecule has 3 aromatic carbocycles. The summed E-state index contributed by atoms with van der Waals surface area (Å²) in [5, 5.41) is 14.7. The van der Waals surface area contributed by atoms with Crippen LogP contribution in [0.5, 0.6) is 5.75 Å². The zero-order valence-electron chi connectivity index (χ0n) is 11.9. The number of nitrogens with one attached hydrogen (secondary N) is 1. The number of halogens is 1. The van der Waals surface area contributed by atoms with Crippen LogP contribution in [0.4, 0.5) is 5.69 Å². The summed E-state index contributed by atoms with van der Waals surface area (Å²) in [5.74, 6) is -0.558. The molecule has 3 nitrogen and oxygen atoms in total. The van der Waals surface area contributed by atoms with Gasteiger partial charge in [-0.15, -0.1) is 0 Å². The number of benzene rings is 3. The second kappa shape index (κ2) is 5.70. The monoisotopic (exact) mass is 311 g/mol. The van der Waals surface area contributed by atoms with Gasteiger partial charge in [0.25, 0.3) is 5.91 Å². The summed E-state index contributed by atoms with van der Waals surface area (Å²) in [4.78, 5) is 12.5. The molecule has 0 radical (unpaired) electrons. The Bertz CT molecular complexity index is 874. The fourth-order valence-corrected chi connectivity index (χ4v) is 2.76. The lowest BCUT2D eigenvalue weighted by molar-refractivity contribution is 0.102. The first-order chi connectivity index (χ1) is 10.6. The van der Waals surface area contributed by atoms with Crippen LogP contribution in [0, 0.1) is 6.92 Å². The van der Waals surface area contributed by atoms with Crippen molar-refractivity contribution in [2.75, 3.05) is 5.32 Å². The molecule has 2 N–H and O–H groups in total. The molecule has 0 atom stereocenters. The first-order valence-corrected chi connectivity index (χ1v) is 7.23. The van der Waals surface area contributed by atoms with Gasteiger partial charge in [0.15, 0.2) is 0 Å². The molecule has 0 saturated heterocycles. The Balaban J connectivity index is 2.06. The first kappa shape index (κ1) is 14.4. The number of anilines is 1. The highest BCUT2D eigenvalue weighted by molar-refractivity contribution is 6.39. The summed E-state index contributed by atoms with van der Waals surface area (Å²) in [6.45, 7) is 1.90. The van der Waals surface area contributed by atoms with Gasteiger partial charge in [0.05, 0.1) is 5.02 Å². The minimum absolute atomic E-state index is 0.0867. The summed E-state index contributed by atoms with van der Waals surface area (Å²) >= 11 is 6.33. The topological polar surface area (TPSA) is 49.3 Å². The molecule has 0 heterocycles. The summed E-state index contributed by atoms with van der Waals surface area (Å²) in [7, 11) is 0. The summed E-state index contributed by atoms with van der Waals surface area (Å²) in [6, 6.07) is 16.3. The molecule has 0 aromatic heterocycles. The van der Waals surface area contributed by atoms with Gasteiger partial charge in [-0.25, -0.2) is 0 Å². The van der Waals surface area contributed by atoms with Crippen molar-refractivity contribution in [1.82, 2.24) is 0 Å². The molecular weight excluding hydrogens is 298 g/mol. The van der Waals surface area contributed by atoms with E-state index in [1.54, 1.807) is 12.1 Å². The van der Waals surface area contributed by atoms with Crippen molar-refractivity contribution in [2.24, 2.45) is 0 Å². The van der Waals surface area contributed by atoms with Gasteiger partial charge in [0, 0.05) is 11.1 Å². The standard InChI is InChI=1S/C18H14ClNO2/c1-11-6-2-5-9-14(11)20-18(22)16-15(21)10-12-7-3-4-8-13(12)17(16)19/h2-10,21H,1H3,(H,20,22). The van der Waals surface area contributed by atoms with Gasteiger partial charge in [-0.05, 0) is 30.0 Å². The van der Waals surface area contributed by atoms with Crippen LogP contribution in [0.25, 0.3) is 10.8 Å². The number of phenolic OH excluding ortho intramolecular Hbond substituents is 1. The summed E-state index contributed by atoms with van der Waals surface area (Å²) in [5.41, 5.74) is 1.71. The normalized spacial score (nSPS) is 10.6. The molecule has 0 fully saturated rings. The average Bonchev–Trinajstić information content (AvgIpc) is 2.49. The summed E-state index contributed by atoms with van der Waals surface area (Å²) in [6.07, 6.45) is 0. The lowest BCUT2D eigenvalue weighted by Crippen LogP contribution is -2.13.